The number of imidazole rings is 1. The molecular weight excluding hydrogens is 534 g/mol. The number of aliphatic imine (C=N–C) groups is 1. The molecule has 1 aliphatic carbocycles. The van der Waals surface area contributed by atoms with Gasteiger partial charge in [0.2, 0.25) is 0 Å². The van der Waals surface area contributed by atoms with Gasteiger partial charge in [0.15, 0.2) is 5.78 Å². The van der Waals surface area contributed by atoms with Gasteiger partial charge in [0, 0.05) is 38.4 Å². The van der Waals surface area contributed by atoms with Crippen molar-refractivity contribution >= 4 is 29.1 Å². The highest BCUT2D eigenvalue weighted by Gasteiger charge is 2.22. The summed E-state index contributed by atoms with van der Waals surface area (Å²) in [5.41, 5.74) is 4.57. The Hall–Kier alpha value is -3.55. The van der Waals surface area contributed by atoms with Crippen LogP contribution in [0.2, 0.25) is 0 Å². The van der Waals surface area contributed by atoms with E-state index in [1.54, 1.807) is 24.6 Å². The van der Waals surface area contributed by atoms with Crippen molar-refractivity contribution in [2.75, 3.05) is 38.2 Å². The fourth-order valence-electron chi connectivity index (χ4n) is 6.08. The van der Waals surface area contributed by atoms with Crippen molar-refractivity contribution < 1.29 is 9.53 Å². The summed E-state index contributed by atoms with van der Waals surface area (Å²) in [6, 6.07) is 6.21. The van der Waals surface area contributed by atoms with Gasteiger partial charge in [-0.05, 0) is 92.0 Å². The van der Waals surface area contributed by atoms with Crippen molar-refractivity contribution in [1.29, 1.82) is 0 Å². The lowest BCUT2D eigenvalue weighted by molar-refractivity contribution is -0.115. The van der Waals surface area contributed by atoms with E-state index in [1.807, 2.05) is 36.0 Å². The lowest BCUT2D eigenvalue weighted by Gasteiger charge is -2.30. The first-order valence-corrected chi connectivity index (χ1v) is 15.9. The summed E-state index contributed by atoms with van der Waals surface area (Å²) in [6.07, 6.45) is 21.6. The van der Waals surface area contributed by atoms with Crippen LogP contribution in [0, 0.1) is 11.8 Å². The van der Waals surface area contributed by atoms with Gasteiger partial charge in [-0.25, -0.2) is 9.98 Å². The molecule has 0 amide bonds. The highest BCUT2D eigenvalue weighted by atomic mass is 16.5. The largest absolute Gasteiger partial charge is 0.379 e. The number of nitrogens with zero attached hydrogens (tertiary/aromatic N) is 4. The summed E-state index contributed by atoms with van der Waals surface area (Å²) in [4.78, 5) is 24.7. The molecule has 4 rings (SSSR count). The zero-order chi connectivity index (χ0) is 30.4. The smallest absolute Gasteiger partial charge is 0.155 e. The molecule has 1 aliphatic heterocycles. The van der Waals surface area contributed by atoms with Crippen molar-refractivity contribution in [2.45, 2.75) is 58.3 Å². The van der Waals surface area contributed by atoms with Crippen molar-refractivity contribution in [3.8, 4) is 0 Å². The minimum absolute atomic E-state index is 0.221. The second-order valence-electron chi connectivity index (χ2n) is 11.8. The van der Waals surface area contributed by atoms with Crippen LogP contribution in [0.5, 0.6) is 0 Å². The summed E-state index contributed by atoms with van der Waals surface area (Å²) in [7, 11) is 1.92. The fourth-order valence-corrected chi connectivity index (χ4v) is 6.08. The van der Waals surface area contributed by atoms with Crippen LogP contribution in [0.25, 0.3) is 11.8 Å². The third-order valence-corrected chi connectivity index (χ3v) is 8.57. The SMILES string of the molecule is C=CC=C(N=C(C=C)Nc1ccc(CC)c(C=CC(=O)CC2CCC(CCCN3CCOCC3)CC2)c1)c1cn(C)cn1. The minimum Gasteiger partial charge on any atom is -0.379 e. The van der Waals surface area contributed by atoms with Gasteiger partial charge in [-0.3, -0.25) is 9.69 Å². The van der Waals surface area contributed by atoms with E-state index in [2.05, 4.69) is 47.4 Å². The quantitative estimate of drug-likeness (QED) is 0.111. The number of rotatable bonds is 14. The number of morpholine rings is 1. The molecule has 0 bridgehead atoms. The Bertz CT molecular complexity index is 1310. The number of anilines is 1. The number of hydrogen-bond acceptors (Lipinski definition) is 5. The molecule has 2 heterocycles. The number of nitrogens with one attached hydrogen (secondary N) is 1. The number of aryl methyl sites for hydroxylation is 2. The van der Waals surface area contributed by atoms with Gasteiger partial charge in [0.05, 0.1) is 25.2 Å². The second-order valence-corrected chi connectivity index (χ2v) is 11.8. The van der Waals surface area contributed by atoms with E-state index < -0.39 is 0 Å². The fraction of sp³-hybridized carbons (Fsp3) is 0.472. The lowest BCUT2D eigenvalue weighted by Crippen LogP contribution is -2.37. The van der Waals surface area contributed by atoms with Gasteiger partial charge < -0.3 is 14.6 Å². The molecule has 43 heavy (non-hydrogen) atoms. The van der Waals surface area contributed by atoms with Crippen LogP contribution >= 0.6 is 0 Å². The highest BCUT2D eigenvalue weighted by Crippen LogP contribution is 2.33. The van der Waals surface area contributed by atoms with Gasteiger partial charge in [-0.15, -0.1) is 0 Å². The van der Waals surface area contributed by atoms with Crippen LogP contribution in [-0.2, 0) is 23.0 Å². The molecule has 7 nitrogen and oxygen atoms in total. The maximum Gasteiger partial charge on any atom is 0.155 e. The normalized spacial score (nSPS) is 20.3. The van der Waals surface area contributed by atoms with Gasteiger partial charge in [-0.1, -0.05) is 51.1 Å². The number of ketones is 1. The molecule has 7 heteroatoms. The first-order chi connectivity index (χ1) is 21.0. The molecular formula is C36H49N5O2. The molecule has 1 N–H and O–H groups in total. The van der Waals surface area contributed by atoms with Crippen LogP contribution in [-0.4, -0.2) is 58.9 Å². The Kier molecular flexibility index (Phi) is 12.7. The Morgan fingerprint density at radius 1 is 1.16 bits per heavy atom. The number of carbonyl (C=O) groups is 1. The molecule has 1 aromatic carbocycles. The van der Waals surface area contributed by atoms with Crippen LogP contribution in [0.15, 0.2) is 73.2 Å². The van der Waals surface area contributed by atoms with E-state index in [4.69, 9.17) is 9.73 Å². The number of allylic oxidation sites excluding steroid dienone is 3. The summed E-state index contributed by atoms with van der Waals surface area (Å²) in [5, 5.41) is 3.37. The molecule has 2 aromatic rings. The number of benzene rings is 1. The monoisotopic (exact) mass is 583 g/mol. The number of hydrogen-bond donors (Lipinski definition) is 1. The molecule has 0 atom stereocenters. The summed E-state index contributed by atoms with van der Waals surface area (Å²) in [6.45, 7) is 15.0. The maximum atomic E-state index is 13.0. The van der Waals surface area contributed by atoms with Crippen molar-refractivity contribution in [3.05, 3.63) is 85.0 Å². The molecule has 2 aliphatic rings. The third-order valence-electron chi connectivity index (χ3n) is 8.57. The van der Waals surface area contributed by atoms with Crippen molar-refractivity contribution in [3.63, 3.8) is 0 Å². The average Bonchev–Trinajstić information content (AvgIpc) is 3.47. The molecule has 0 radical (unpaired) electrons. The van der Waals surface area contributed by atoms with E-state index in [0.717, 1.165) is 55.6 Å². The van der Waals surface area contributed by atoms with Gasteiger partial charge in [0.25, 0.3) is 0 Å². The van der Waals surface area contributed by atoms with Crippen molar-refractivity contribution in [1.82, 2.24) is 14.5 Å². The zero-order valence-corrected chi connectivity index (χ0v) is 26.1. The zero-order valence-electron chi connectivity index (χ0n) is 26.1. The van der Waals surface area contributed by atoms with E-state index in [0.29, 0.717) is 23.9 Å². The van der Waals surface area contributed by atoms with Crippen LogP contribution in [0.1, 0.15) is 68.7 Å². The third kappa shape index (κ3) is 10.3. The van der Waals surface area contributed by atoms with E-state index in [1.165, 1.54) is 50.6 Å². The van der Waals surface area contributed by atoms with E-state index >= 15 is 0 Å². The minimum atomic E-state index is 0.221. The Labute approximate surface area is 258 Å². The predicted octanol–water partition coefficient (Wildman–Crippen LogP) is 7.10. The molecule has 1 saturated heterocycles. The average molecular weight is 584 g/mol. The molecule has 1 aromatic heterocycles. The summed E-state index contributed by atoms with van der Waals surface area (Å²) < 4.78 is 7.34. The topological polar surface area (TPSA) is 71.8 Å². The Morgan fingerprint density at radius 2 is 1.93 bits per heavy atom. The van der Waals surface area contributed by atoms with Gasteiger partial charge in [0.1, 0.15) is 11.5 Å². The molecule has 230 valence electrons. The predicted molar refractivity (Wildman–Crippen MR) is 179 cm³/mol. The Morgan fingerprint density at radius 3 is 2.60 bits per heavy atom. The first-order valence-electron chi connectivity index (χ1n) is 15.9. The number of ether oxygens (including phenoxy) is 1. The molecule has 1 saturated carbocycles. The van der Waals surface area contributed by atoms with E-state index in [-0.39, 0.29) is 5.78 Å². The molecule has 2 fully saturated rings. The summed E-state index contributed by atoms with van der Waals surface area (Å²) in [5.74, 6) is 2.15. The number of amidine groups is 1. The second kappa shape index (κ2) is 16.9. The van der Waals surface area contributed by atoms with Gasteiger partial charge in [-0.2, -0.15) is 0 Å². The first kappa shape index (κ1) is 32.4. The summed E-state index contributed by atoms with van der Waals surface area (Å²) >= 11 is 0. The van der Waals surface area contributed by atoms with Crippen LogP contribution in [0.4, 0.5) is 5.69 Å². The van der Waals surface area contributed by atoms with E-state index in [9.17, 15) is 4.79 Å². The standard InChI is InChI=1S/C36H49N5O2/c1-5-9-34(35-26-40(4)27-37-35)39-36(7-3)38-32-17-15-30(6-2)31(25-32)16-18-33(42)24-29-13-11-28(12-14-29)10-8-19-41-20-22-43-23-21-41/h5,7,9,15-18,25-29H,1,3,6,8,10-14,19-24H2,2,4H3,(H,38,39). The number of carbonyl (C=O) groups excluding carboxylic acids is 1. The lowest BCUT2D eigenvalue weighted by atomic mass is 9.78. The molecule has 0 unspecified atom stereocenters. The maximum absolute atomic E-state index is 13.0. The van der Waals surface area contributed by atoms with Crippen molar-refractivity contribution in [2.24, 2.45) is 23.9 Å². The van der Waals surface area contributed by atoms with Crippen LogP contribution < -0.4 is 5.32 Å². The van der Waals surface area contributed by atoms with Crippen LogP contribution in [0.3, 0.4) is 0 Å². The highest BCUT2D eigenvalue weighted by molar-refractivity contribution is 6.06. The molecule has 0 spiro atoms. The Balaban J connectivity index is 1.30. The van der Waals surface area contributed by atoms with Gasteiger partial charge >= 0.3 is 0 Å². The number of aromatic nitrogens is 2.